The molecule has 0 aliphatic carbocycles. The van der Waals surface area contributed by atoms with Gasteiger partial charge >= 0.3 is 5.97 Å². The summed E-state index contributed by atoms with van der Waals surface area (Å²) >= 11 is 1.58. The van der Waals surface area contributed by atoms with Gasteiger partial charge in [0, 0.05) is 17.2 Å². The van der Waals surface area contributed by atoms with Crippen molar-refractivity contribution in [2.24, 2.45) is 5.92 Å². The number of carbonyl (C=O) groups excluding carboxylic acids is 1. The van der Waals surface area contributed by atoms with E-state index in [1.54, 1.807) is 23.9 Å². The lowest BCUT2D eigenvalue weighted by molar-refractivity contribution is -0.147. The first-order valence-corrected chi connectivity index (χ1v) is 7.21. The molecular weight excluding hydrogens is 262 g/mol. The highest BCUT2D eigenvalue weighted by molar-refractivity contribution is 7.99. The average molecular weight is 283 g/mol. The molecule has 1 N–H and O–H groups in total. The zero-order chi connectivity index (χ0) is 14.3. The van der Waals surface area contributed by atoms with Crippen LogP contribution in [0.25, 0.3) is 0 Å². The van der Waals surface area contributed by atoms with Crippen LogP contribution in [0, 0.1) is 5.92 Å². The third-order valence-electron chi connectivity index (χ3n) is 2.52. The van der Waals surface area contributed by atoms with Gasteiger partial charge < -0.3 is 14.7 Å². The summed E-state index contributed by atoms with van der Waals surface area (Å²) in [4.78, 5) is 14.7. The molecule has 1 aromatic carbocycles. The Morgan fingerprint density at radius 1 is 1.37 bits per heavy atom. The summed E-state index contributed by atoms with van der Waals surface area (Å²) in [7, 11) is 3.88. The van der Waals surface area contributed by atoms with Crippen molar-refractivity contribution in [2.75, 3.05) is 33.0 Å². The summed E-state index contributed by atoms with van der Waals surface area (Å²) in [5, 5.41) is 9.18. The molecule has 5 heteroatoms. The van der Waals surface area contributed by atoms with Gasteiger partial charge in [-0.2, -0.15) is 0 Å². The highest BCUT2D eigenvalue weighted by Crippen LogP contribution is 2.23. The second kappa shape index (κ2) is 8.07. The first-order chi connectivity index (χ1) is 8.99. The average Bonchev–Trinajstić information content (AvgIpc) is 2.37. The maximum absolute atomic E-state index is 11.7. The van der Waals surface area contributed by atoms with E-state index in [1.165, 1.54) is 0 Å². The van der Waals surface area contributed by atoms with Crippen LogP contribution in [0.15, 0.2) is 29.2 Å². The number of phenolic OH excluding ortho intramolecular Hbond substituents is 1. The first-order valence-electron chi connectivity index (χ1n) is 6.22. The van der Waals surface area contributed by atoms with Crippen molar-refractivity contribution in [3.8, 4) is 5.75 Å². The Morgan fingerprint density at radius 3 is 2.58 bits per heavy atom. The second-order valence-electron chi connectivity index (χ2n) is 4.68. The van der Waals surface area contributed by atoms with Crippen LogP contribution in [0.3, 0.4) is 0 Å². The van der Waals surface area contributed by atoms with E-state index < -0.39 is 0 Å². The van der Waals surface area contributed by atoms with E-state index in [4.69, 9.17) is 4.74 Å². The molecule has 1 atom stereocenters. The molecule has 0 spiro atoms. The highest BCUT2D eigenvalue weighted by atomic mass is 32.2. The van der Waals surface area contributed by atoms with Crippen LogP contribution in [-0.4, -0.2) is 49.0 Å². The summed E-state index contributed by atoms with van der Waals surface area (Å²) in [5.41, 5.74) is 0. The van der Waals surface area contributed by atoms with E-state index in [1.807, 2.05) is 38.1 Å². The maximum Gasteiger partial charge on any atom is 0.309 e. The number of carbonyl (C=O) groups is 1. The molecule has 0 saturated heterocycles. The predicted octanol–water partition coefficient (Wildman–Crippen LogP) is 2.23. The van der Waals surface area contributed by atoms with Crippen LogP contribution >= 0.6 is 11.8 Å². The smallest absolute Gasteiger partial charge is 0.309 e. The van der Waals surface area contributed by atoms with E-state index in [0.29, 0.717) is 12.4 Å². The zero-order valence-corrected chi connectivity index (χ0v) is 12.4. The summed E-state index contributed by atoms with van der Waals surface area (Å²) in [6.07, 6.45) is 0. The fraction of sp³-hybridized carbons (Fsp3) is 0.500. The van der Waals surface area contributed by atoms with Crippen LogP contribution in [0.5, 0.6) is 5.75 Å². The quantitative estimate of drug-likeness (QED) is 0.614. The summed E-state index contributed by atoms with van der Waals surface area (Å²) in [5.74, 6) is 0.626. The molecule has 19 heavy (non-hydrogen) atoms. The van der Waals surface area contributed by atoms with Crippen molar-refractivity contribution < 1.29 is 14.6 Å². The van der Waals surface area contributed by atoms with E-state index in [0.717, 1.165) is 11.4 Å². The Hall–Kier alpha value is -1.20. The first kappa shape index (κ1) is 15.9. The second-order valence-corrected chi connectivity index (χ2v) is 5.77. The van der Waals surface area contributed by atoms with Crippen LogP contribution in [-0.2, 0) is 9.53 Å². The molecule has 0 aliphatic heterocycles. The van der Waals surface area contributed by atoms with E-state index in [9.17, 15) is 9.90 Å². The number of thioether (sulfide) groups is 1. The molecule has 1 unspecified atom stereocenters. The third kappa shape index (κ3) is 6.50. The standard InChI is InChI=1S/C14H21NO3S/c1-11(14(17)18-9-8-15(2)3)10-19-13-6-4-12(16)5-7-13/h4-7,11,16H,8-10H2,1-3H3. The number of hydrogen-bond acceptors (Lipinski definition) is 5. The molecule has 0 amide bonds. The molecule has 106 valence electrons. The summed E-state index contributed by atoms with van der Waals surface area (Å²) in [6, 6.07) is 6.96. The Kier molecular flexibility index (Phi) is 6.73. The molecule has 1 rings (SSSR count). The Labute approximate surface area is 118 Å². The minimum Gasteiger partial charge on any atom is -0.508 e. The molecule has 0 aromatic heterocycles. The number of benzene rings is 1. The highest BCUT2D eigenvalue weighted by Gasteiger charge is 2.14. The van der Waals surface area contributed by atoms with Crippen molar-refractivity contribution in [3.05, 3.63) is 24.3 Å². The van der Waals surface area contributed by atoms with Gasteiger partial charge in [0.1, 0.15) is 12.4 Å². The van der Waals surface area contributed by atoms with Crippen LogP contribution in [0.2, 0.25) is 0 Å². The lowest BCUT2D eigenvalue weighted by Crippen LogP contribution is -2.23. The minimum absolute atomic E-state index is 0.138. The van der Waals surface area contributed by atoms with Crippen LogP contribution in [0.4, 0.5) is 0 Å². The Bertz CT molecular complexity index is 392. The van der Waals surface area contributed by atoms with Crippen LogP contribution in [0.1, 0.15) is 6.92 Å². The molecule has 0 heterocycles. The van der Waals surface area contributed by atoms with E-state index >= 15 is 0 Å². The number of esters is 1. The molecule has 1 aromatic rings. The Morgan fingerprint density at radius 2 is 2.00 bits per heavy atom. The number of nitrogens with zero attached hydrogens (tertiary/aromatic N) is 1. The number of hydrogen-bond donors (Lipinski definition) is 1. The van der Waals surface area contributed by atoms with Gasteiger partial charge in [-0.3, -0.25) is 4.79 Å². The van der Waals surface area contributed by atoms with Gasteiger partial charge in [0.15, 0.2) is 0 Å². The maximum atomic E-state index is 11.7. The number of aromatic hydroxyl groups is 1. The van der Waals surface area contributed by atoms with Gasteiger partial charge in [-0.15, -0.1) is 11.8 Å². The largest absolute Gasteiger partial charge is 0.508 e. The molecule has 0 bridgehead atoms. The fourth-order valence-electron chi connectivity index (χ4n) is 1.30. The molecule has 0 fully saturated rings. The number of phenols is 1. The zero-order valence-electron chi connectivity index (χ0n) is 11.6. The monoisotopic (exact) mass is 283 g/mol. The minimum atomic E-state index is -0.159. The van der Waals surface area contributed by atoms with Gasteiger partial charge in [0.05, 0.1) is 5.92 Å². The van der Waals surface area contributed by atoms with Gasteiger partial charge in [0.25, 0.3) is 0 Å². The topological polar surface area (TPSA) is 49.8 Å². The fourth-order valence-corrected chi connectivity index (χ4v) is 2.21. The molecular formula is C14H21NO3S. The normalized spacial score (nSPS) is 12.4. The van der Waals surface area contributed by atoms with Gasteiger partial charge in [-0.25, -0.2) is 0 Å². The van der Waals surface area contributed by atoms with Crippen LogP contribution < -0.4 is 0 Å². The lowest BCUT2D eigenvalue weighted by atomic mass is 10.2. The molecule has 0 radical (unpaired) electrons. The van der Waals surface area contributed by atoms with Crippen molar-refractivity contribution in [2.45, 2.75) is 11.8 Å². The van der Waals surface area contributed by atoms with Crippen molar-refractivity contribution in [3.63, 3.8) is 0 Å². The number of likely N-dealkylation sites (N-methyl/N-ethyl adjacent to an activating group) is 1. The predicted molar refractivity (Wildman–Crippen MR) is 77.5 cm³/mol. The molecule has 0 aliphatic rings. The molecule has 0 saturated carbocycles. The van der Waals surface area contributed by atoms with Gasteiger partial charge in [-0.1, -0.05) is 6.92 Å². The molecule has 4 nitrogen and oxygen atoms in total. The van der Waals surface area contributed by atoms with E-state index in [-0.39, 0.29) is 17.6 Å². The van der Waals surface area contributed by atoms with Gasteiger partial charge in [-0.05, 0) is 38.4 Å². The lowest BCUT2D eigenvalue weighted by Gasteiger charge is -2.13. The van der Waals surface area contributed by atoms with Crippen molar-refractivity contribution in [1.29, 1.82) is 0 Å². The van der Waals surface area contributed by atoms with Crippen molar-refractivity contribution >= 4 is 17.7 Å². The summed E-state index contributed by atoms with van der Waals surface area (Å²) < 4.78 is 5.19. The SMILES string of the molecule is CC(CSc1ccc(O)cc1)C(=O)OCCN(C)C. The summed E-state index contributed by atoms with van der Waals surface area (Å²) in [6.45, 7) is 3.04. The van der Waals surface area contributed by atoms with Gasteiger partial charge in [0.2, 0.25) is 0 Å². The van der Waals surface area contributed by atoms with Crippen molar-refractivity contribution in [1.82, 2.24) is 4.90 Å². The third-order valence-corrected chi connectivity index (χ3v) is 3.79. The number of ether oxygens (including phenoxy) is 1. The van der Waals surface area contributed by atoms with E-state index in [2.05, 4.69) is 0 Å². The number of rotatable bonds is 7. The Balaban J connectivity index is 2.28.